The van der Waals surface area contributed by atoms with Crippen LogP contribution in [0.2, 0.25) is 0 Å². The van der Waals surface area contributed by atoms with Gasteiger partial charge in [-0.3, -0.25) is 9.69 Å². The zero-order chi connectivity index (χ0) is 27.2. The van der Waals surface area contributed by atoms with Gasteiger partial charge in [-0.1, -0.05) is 12.1 Å². The van der Waals surface area contributed by atoms with Gasteiger partial charge in [0.15, 0.2) is 6.61 Å². The lowest BCUT2D eigenvalue weighted by atomic mass is 10.1. The number of nitrogens with one attached hydrogen (secondary N) is 3. The minimum atomic E-state index is -4.55. The average molecular weight is 544 g/mol. The van der Waals surface area contributed by atoms with E-state index in [2.05, 4.69) is 35.8 Å². The van der Waals surface area contributed by atoms with Gasteiger partial charge in [-0.05, 0) is 61.3 Å². The minimum Gasteiger partial charge on any atom is -0.492 e. The van der Waals surface area contributed by atoms with Crippen molar-refractivity contribution in [1.82, 2.24) is 25.2 Å². The molecule has 2 aromatic carbocycles. The first kappa shape index (κ1) is 26.5. The topological polar surface area (TPSA) is 114 Å². The zero-order valence-electron chi connectivity index (χ0n) is 21.0. The molecule has 1 unspecified atom stereocenters. The molecular weight excluding hydrogens is 515 g/mol. The molecule has 8 rings (SSSR count). The molecule has 0 spiro atoms. The predicted molar refractivity (Wildman–Crippen MR) is 137 cm³/mol. The number of carbonyl (C=O) groups excluding carboxylic acids is 1. The van der Waals surface area contributed by atoms with Crippen LogP contribution in [-0.2, 0) is 6.54 Å². The molecule has 10 nitrogen and oxygen atoms in total. The maximum Gasteiger partial charge on any atom is 0.422 e. The molecule has 1 saturated heterocycles. The average Bonchev–Trinajstić information content (AvgIpc) is 3.37. The van der Waals surface area contributed by atoms with Crippen molar-refractivity contribution in [3.63, 3.8) is 0 Å². The third-order valence-corrected chi connectivity index (χ3v) is 6.40. The van der Waals surface area contributed by atoms with Crippen LogP contribution < -0.4 is 25.4 Å². The summed E-state index contributed by atoms with van der Waals surface area (Å²) in [6.45, 7) is 1.54. The second kappa shape index (κ2) is 11.7. The van der Waals surface area contributed by atoms with Crippen molar-refractivity contribution in [3.05, 3.63) is 59.7 Å². The van der Waals surface area contributed by atoms with Gasteiger partial charge in [0.1, 0.15) is 12.4 Å². The van der Waals surface area contributed by atoms with Gasteiger partial charge in [0.25, 0.3) is 5.91 Å². The summed E-state index contributed by atoms with van der Waals surface area (Å²) in [5.74, 6) is 0.543. The van der Waals surface area contributed by atoms with Crippen molar-refractivity contribution in [3.8, 4) is 11.8 Å². The van der Waals surface area contributed by atoms with E-state index in [-0.39, 0.29) is 23.8 Å². The van der Waals surface area contributed by atoms with Crippen LogP contribution in [0.25, 0.3) is 0 Å². The number of benzene rings is 2. The van der Waals surface area contributed by atoms with Crippen molar-refractivity contribution in [2.45, 2.75) is 31.6 Å². The maximum absolute atomic E-state index is 12.7. The highest BCUT2D eigenvalue weighted by Crippen LogP contribution is 2.22. The fourth-order valence-electron chi connectivity index (χ4n) is 4.44. The lowest BCUT2D eigenvalue weighted by molar-refractivity contribution is -0.154. The van der Waals surface area contributed by atoms with Crippen LogP contribution in [0.3, 0.4) is 0 Å². The van der Waals surface area contributed by atoms with E-state index in [4.69, 9.17) is 9.47 Å². The van der Waals surface area contributed by atoms with Gasteiger partial charge in [-0.15, -0.1) is 0 Å². The summed E-state index contributed by atoms with van der Waals surface area (Å²) in [7, 11) is 0. The highest BCUT2D eigenvalue weighted by Gasteiger charge is 2.29. The van der Waals surface area contributed by atoms with Crippen LogP contribution in [0.5, 0.6) is 11.8 Å². The molecule has 39 heavy (non-hydrogen) atoms. The molecule has 0 aliphatic carbocycles. The van der Waals surface area contributed by atoms with E-state index in [0.29, 0.717) is 30.9 Å². The van der Waals surface area contributed by atoms with Crippen LogP contribution >= 0.6 is 0 Å². The van der Waals surface area contributed by atoms with Crippen LogP contribution in [0.15, 0.2) is 48.5 Å². The Balaban J connectivity index is 1.39. The molecule has 1 aromatic heterocycles. The fourth-order valence-corrected chi connectivity index (χ4v) is 4.44. The number of anilines is 3. The molecule has 5 aliphatic heterocycles. The summed E-state index contributed by atoms with van der Waals surface area (Å²) in [6.07, 6.45) is -2.47. The summed E-state index contributed by atoms with van der Waals surface area (Å²) in [5.41, 5.74) is 1.90. The van der Waals surface area contributed by atoms with Gasteiger partial charge in [0.05, 0.1) is 0 Å². The molecule has 6 heterocycles. The first-order valence-corrected chi connectivity index (χ1v) is 12.6. The Kier molecular flexibility index (Phi) is 7.96. The highest BCUT2D eigenvalue weighted by molar-refractivity contribution is 5.94. The monoisotopic (exact) mass is 543 g/mol. The van der Waals surface area contributed by atoms with E-state index in [1.807, 2.05) is 24.3 Å². The first-order chi connectivity index (χ1) is 18.8. The van der Waals surface area contributed by atoms with E-state index in [1.165, 1.54) is 0 Å². The van der Waals surface area contributed by atoms with E-state index in [9.17, 15) is 18.0 Å². The van der Waals surface area contributed by atoms with Crippen molar-refractivity contribution in [2.24, 2.45) is 0 Å². The molecule has 1 amide bonds. The Morgan fingerprint density at radius 3 is 2.51 bits per heavy atom. The number of hydrogen-bond acceptors (Lipinski definition) is 9. The van der Waals surface area contributed by atoms with E-state index in [0.717, 1.165) is 37.2 Å². The normalized spacial score (nSPS) is 18.5. The summed E-state index contributed by atoms with van der Waals surface area (Å²) >= 11 is 0. The third-order valence-electron chi connectivity index (χ3n) is 6.40. The van der Waals surface area contributed by atoms with Crippen LogP contribution in [-0.4, -0.2) is 70.8 Å². The van der Waals surface area contributed by atoms with Crippen LogP contribution in [0.1, 0.15) is 28.8 Å². The molecule has 5 aliphatic rings. The van der Waals surface area contributed by atoms with E-state index >= 15 is 0 Å². The van der Waals surface area contributed by atoms with E-state index in [1.54, 1.807) is 24.3 Å². The number of rotatable bonds is 2. The van der Waals surface area contributed by atoms with Crippen molar-refractivity contribution < 1.29 is 27.4 Å². The molecule has 3 aromatic rings. The standard InChI is InChI=1S/C26H28F3N7O3/c27-26(28,29)16-39-25-34-23-31-14-17-3-9-21(10-4-17)38-13-12-36-11-1-2-20(36)15-30-22(37)18-5-7-19(8-6-18)32-24(33-23)35-25/h3-10,20H,1-2,11-16H2,(H,30,37)(H2,31,32,33,34,35). The van der Waals surface area contributed by atoms with Gasteiger partial charge in [0, 0.05) is 36.9 Å². The smallest absolute Gasteiger partial charge is 0.422 e. The van der Waals surface area contributed by atoms with Gasteiger partial charge in [0.2, 0.25) is 11.9 Å². The van der Waals surface area contributed by atoms with Gasteiger partial charge in [-0.25, -0.2) is 0 Å². The molecule has 1 atom stereocenters. The Morgan fingerprint density at radius 1 is 0.974 bits per heavy atom. The first-order valence-electron chi connectivity index (χ1n) is 12.6. The second-order valence-electron chi connectivity index (χ2n) is 9.26. The number of aromatic nitrogens is 3. The lowest BCUT2D eigenvalue weighted by Gasteiger charge is -2.24. The largest absolute Gasteiger partial charge is 0.492 e. The number of halogens is 3. The number of nitrogens with zero attached hydrogens (tertiary/aromatic N) is 4. The Labute approximate surface area is 223 Å². The van der Waals surface area contributed by atoms with Gasteiger partial charge < -0.3 is 25.4 Å². The summed E-state index contributed by atoms with van der Waals surface area (Å²) < 4.78 is 48.9. The van der Waals surface area contributed by atoms with E-state index < -0.39 is 18.8 Å². The lowest BCUT2D eigenvalue weighted by Crippen LogP contribution is -2.41. The zero-order valence-corrected chi connectivity index (χ0v) is 21.0. The second-order valence-corrected chi connectivity index (χ2v) is 9.26. The van der Waals surface area contributed by atoms with Crippen molar-refractivity contribution in [2.75, 3.05) is 43.5 Å². The molecule has 13 heteroatoms. The highest BCUT2D eigenvalue weighted by atomic mass is 19.4. The molecule has 0 radical (unpaired) electrons. The molecule has 0 saturated carbocycles. The third kappa shape index (κ3) is 7.47. The fraction of sp³-hybridized carbons (Fsp3) is 0.385. The summed E-state index contributed by atoms with van der Waals surface area (Å²) in [5, 5.41) is 8.94. The minimum absolute atomic E-state index is 0.0194. The van der Waals surface area contributed by atoms with Crippen molar-refractivity contribution in [1.29, 1.82) is 0 Å². The maximum atomic E-state index is 12.7. The Bertz CT molecular complexity index is 1270. The number of ether oxygens (including phenoxy) is 2. The number of carbonyl (C=O) groups is 1. The molecule has 3 N–H and O–H groups in total. The summed E-state index contributed by atoms with van der Waals surface area (Å²) in [6, 6.07) is 13.8. The van der Waals surface area contributed by atoms with Crippen molar-refractivity contribution >= 4 is 23.5 Å². The number of amides is 1. The molecule has 6 bridgehead atoms. The Morgan fingerprint density at radius 2 is 1.74 bits per heavy atom. The van der Waals surface area contributed by atoms with Gasteiger partial charge in [-0.2, -0.15) is 28.1 Å². The van der Waals surface area contributed by atoms with Crippen LogP contribution in [0.4, 0.5) is 30.8 Å². The molecule has 206 valence electrons. The quantitative estimate of drug-likeness (QED) is 0.445. The number of hydrogen-bond donors (Lipinski definition) is 3. The van der Waals surface area contributed by atoms with Crippen LogP contribution in [0, 0.1) is 0 Å². The molecular formula is C26H28F3N7O3. The predicted octanol–water partition coefficient (Wildman–Crippen LogP) is 3.76. The number of alkyl halides is 3. The SMILES string of the molecule is O=C1NCC2CCCN2CCOc2ccc(cc2)CNc2nc(nc(OCC(F)(F)F)n2)Nc2ccc1cc2. The summed E-state index contributed by atoms with van der Waals surface area (Å²) in [4.78, 5) is 27.3. The van der Waals surface area contributed by atoms with Gasteiger partial charge >= 0.3 is 12.2 Å². The Hall–Kier alpha value is -4.13. The molecule has 1 fully saturated rings.